The van der Waals surface area contributed by atoms with Crippen LogP contribution >= 0.6 is 0 Å². The van der Waals surface area contributed by atoms with Gasteiger partial charge in [-0.2, -0.15) is 0 Å². The second-order valence-corrected chi connectivity index (χ2v) is 6.74. The first kappa shape index (κ1) is 16.0. The number of hydrogen-bond donors (Lipinski definition) is 1. The Balaban J connectivity index is 1.47. The summed E-state index contributed by atoms with van der Waals surface area (Å²) in [5.41, 5.74) is 2.16. The SMILES string of the molecule is Oc1ccc(N2CCCCC2)cc1N1CCN(c2ncccn2)CC1. The van der Waals surface area contributed by atoms with Gasteiger partial charge in [0.1, 0.15) is 5.75 Å². The number of nitrogens with zero attached hydrogens (tertiary/aromatic N) is 5. The highest BCUT2D eigenvalue weighted by Gasteiger charge is 2.22. The average Bonchev–Trinajstić information content (AvgIpc) is 2.70. The third-order valence-electron chi connectivity index (χ3n) is 5.14. The maximum absolute atomic E-state index is 10.4. The molecule has 6 nitrogen and oxygen atoms in total. The van der Waals surface area contributed by atoms with Gasteiger partial charge in [0.05, 0.1) is 5.69 Å². The highest BCUT2D eigenvalue weighted by molar-refractivity contribution is 5.67. The van der Waals surface area contributed by atoms with Gasteiger partial charge in [-0.05, 0) is 43.5 Å². The maximum Gasteiger partial charge on any atom is 0.225 e. The number of hydrogen-bond acceptors (Lipinski definition) is 6. The normalized spacial score (nSPS) is 18.5. The molecule has 1 N–H and O–H groups in total. The van der Waals surface area contributed by atoms with Crippen molar-refractivity contribution in [2.24, 2.45) is 0 Å². The zero-order chi connectivity index (χ0) is 17.1. The number of benzene rings is 1. The van der Waals surface area contributed by atoms with Crippen LogP contribution < -0.4 is 14.7 Å². The summed E-state index contributed by atoms with van der Waals surface area (Å²) in [5.74, 6) is 1.15. The number of rotatable bonds is 3. The van der Waals surface area contributed by atoms with Crippen molar-refractivity contribution in [2.45, 2.75) is 19.3 Å². The Hall–Kier alpha value is -2.50. The number of aromatic nitrogens is 2. The van der Waals surface area contributed by atoms with Gasteiger partial charge in [0.25, 0.3) is 0 Å². The molecule has 25 heavy (non-hydrogen) atoms. The van der Waals surface area contributed by atoms with Crippen molar-refractivity contribution < 1.29 is 5.11 Å². The van der Waals surface area contributed by atoms with Crippen LogP contribution in [0.3, 0.4) is 0 Å². The fraction of sp³-hybridized carbons (Fsp3) is 0.474. The molecule has 4 rings (SSSR count). The fourth-order valence-corrected chi connectivity index (χ4v) is 3.72. The summed E-state index contributed by atoms with van der Waals surface area (Å²) in [6.07, 6.45) is 7.40. The molecule has 2 aliphatic heterocycles. The van der Waals surface area contributed by atoms with E-state index in [0.717, 1.165) is 50.9 Å². The Morgan fingerprint density at radius 1 is 0.760 bits per heavy atom. The monoisotopic (exact) mass is 339 g/mol. The highest BCUT2D eigenvalue weighted by Crippen LogP contribution is 2.33. The second kappa shape index (κ2) is 7.17. The molecule has 0 unspecified atom stereocenters. The molecule has 0 radical (unpaired) electrons. The quantitative estimate of drug-likeness (QED) is 0.927. The van der Waals surface area contributed by atoms with Crippen LogP contribution in [0.25, 0.3) is 0 Å². The first-order chi connectivity index (χ1) is 12.3. The van der Waals surface area contributed by atoms with E-state index in [4.69, 9.17) is 0 Å². The molecule has 0 saturated carbocycles. The topological polar surface area (TPSA) is 55.7 Å². The largest absolute Gasteiger partial charge is 0.506 e. The van der Waals surface area contributed by atoms with Crippen molar-refractivity contribution in [3.63, 3.8) is 0 Å². The van der Waals surface area contributed by atoms with Gasteiger partial charge < -0.3 is 19.8 Å². The van der Waals surface area contributed by atoms with E-state index < -0.39 is 0 Å². The molecule has 0 bridgehead atoms. The molecule has 0 atom stereocenters. The minimum Gasteiger partial charge on any atom is -0.506 e. The smallest absolute Gasteiger partial charge is 0.225 e. The van der Waals surface area contributed by atoms with E-state index in [9.17, 15) is 5.11 Å². The summed E-state index contributed by atoms with van der Waals surface area (Å²) in [7, 11) is 0. The number of piperidine rings is 1. The van der Waals surface area contributed by atoms with Crippen LogP contribution in [-0.2, 0) is 0 Å². The van der Waals surface area contributed by atoms with Gasteiger partial charge in [-0.25, -0.2) is 9.97 Å². The molecule has 132 valence electrons. The van der Waals surface area contributed by atoms with Gasteiger partial charge in [-0.3, -0.25) is 0 Å². The molecule has 2 fully saturated rings. The second-order valence-electron chi connectivity index (χ2n) is 6.74. The zero-order valence-corrected chi connectivity index (χ0v) is 14.5. The van der Waals surface area contributed by atoms with Gasteiger partial charge in [-0.1, -0.05) is 0 Å². The molecular formula is C19H25N5O. The van der Waals surface area contributed by atoms with Crippen LogP contribution in [-0.4, -0.2) is 54.3 Å². The van der Waals surface area contributed by atoms with Crippen LogP contribution in [0, 0.1) is 0 Å². The molecule has 0 amide bonds. The van der Waals surface area contributed by atoms with Crippen LogP contribution in [0.5, 0.6) is 5.75 Å². The van der Waals surface area contributed by atoms with Crippen LogP contribution in [0.2, 0.25) is 0 Å². The summed E-state index contributed by atoms with van der Waals surface area (Å²) in [5, 5.41) is 10.4. The number of anilines is 3. The van der Waals surface area contributed by atoms with E-state index in [1.165, 1.54) is 24.9 Å². The first-order valence-electron chi connectivity index (χ1n) is 9.16. The lowest BCUT2D eigenvalue weighted by Crippen LogP contribution is -2.47. The predicted octanol–water partition coefficient (Wildman–Crippen LogP) is 2.50. The standard InChI is InChI=1S/C19H25N5O/c25-18-6-5-16(22-9-2-1-3-10-22)15-17(18)23-11-13-24(14-12-23)19-20-7-4-8-21-19/h4-8,15,25H,1-3,9-14H2. The van der Waals surface area contributed by atoms with E-state index in [-0.39, 0.29) is 0 Å². The minimum absolute atomic E-state index is 0.366. The van der Waals surface area contributed by atoms with E-state index in [2.05, 4.69) is 30.7 Å². The summed E-state index contributed by atoms with van der Waals surface area (Å²) < 4.78 is 0. The summed E-state index contributed by atoms with van der Waals surface area (Å²) in [6, 6.07) is 7.86. The van der Waals surface area contributed by atoms with Gasteiger partial charge in [-0.15, -0.1) is 0 Å². The Morgan fingerprint density at radius 3 is 2.16 bits per heavy atom. The minimum atomic E-state index is 0.366. The van der Waals surface area contributed by atoms with E-state index >= 15 is 0 Å². The summed E-state index contributed by atoms with van der Waals surface area (Å²) >= 11 is 0. The zero-order valence-electron chi connectivity index (χ0n) is 14.5. The molecule has 2 aliphatic rings. The van der Waals surface area contributed by atoms with Crippen molar-refractivity contribution in [3.05, 3.63) is 36.7 Å². The third-order valence-corrected chi connectivity index (χ3v) is 5.14. The lowest BCUT2D eigenvalue weighted by Gasteiger charge is -2.37. The summed E-state index contributed by atoms with van der Waals surface area (Å²) in [4.78, 5) is 15.6. The highest BCUT2D eigenvalue weighted by atomic mass is 16.3. The van der Waals surface area contributed by atoms with Gasteiger partial charge >= 0.3 is 0 Å². The first-order valence-corrected chi connectivity index (χ1v) is 9.16. The number of aromatic hydroxyl groups is 1. The Bertz CT molecular complexity index is 694. The molecule has 2 aromatic rings. The molecule has 6 heteroatoms. The van der Waals surface area contributed by atoms with E-state index in [1.807, 2.05) is 18.2 Å². The van der Waals surface area contributed by atoms with Crippen molar-refractivity contribution in [1.82, 2.24) is 9.97 Å². The Kier molecular flexibility index (Phi) is 4.59. The van der Waals surface area contributed by atoms with E-state index in [0.29, 0.717) is 5.75 Å². The summed E-state index contributed by atoms with van der Waals surface area (Å²) in [6.45, 7) is 5.66. The number of phenols is 1. The molecule has 3 heterocycles. The van der Waals surface area contributed by atoms with Gasteiger partial charge in [0.15, 0.2) is 0 Å². The lowest BCUT2D eigenvalue weighted by atomic mass is 10.1. The van der Waals surface area contributed by atoms with Crippen LogP contribution in [0.1, 0.15) is 19.3 Å². The Morgan fingerprint density at radius 2 is 1.44 bits per heavy atom. The van der Waals surface area contributed by atoms with Crippen LogP contribution in [0.4, 0.5) is 17.3 Å². The lowest BCUT2D eigenvalue weighted by molar-refractivity contribution is 0.472. The van der Waals surface area contributed by atoms with Gasteiger partial charge in [0.2, 0.25) is 5.95 Å². The third kappa shape index (κ3) is 3.48. The van der Waals surface area contributed by atoms with Crippen LogP contribution in [0.15, 0.2) is 36.7 Å². The molecule has 1 aromatic carbocycles. The van der Waals surface area contributed by atoms with E-state index in [1.54, 1.807) is 12.4 Å². The molecule has 0 aliphatic carbocycles. The molecular weight excluding hydrogens is 314 g/mol. The average molecular weight is 339 g/mol. The molecule has 0 spiro atoms. The molecule has 2 saturated heterocycles. The number of phenolic OH excluding ortho intramolecular Hbond substituents is 1. The predicted molar refractivity (Wildman–Crippen MR) is 101 cm³/mol. The van der Waals surface area contributed by atoms with Gasteiger partial charge in [0, 0.05) is 57.3 Å². The maximum atomic E-state index is 10.4. The Labute approximate surface area is 148 Å². The molecule has 1 aromatic heterocycles. The van der Waals surface area contributed by atoms with Crippen molar-refractivity contribution >= 4 is 17.3 Å². The van der Waals surface area contributed by atoms with Crippen molar-refractivity contribution in [1.29, 1.82) is 0 Å². The van der Waals surface area contributed by atoms with Crippen molar-refractivity contribution in [3.8, 4) is 5.75 Å². The number of piperazine rings is 1. The van der Waals surface area contributed by atoms with Crippen molar-refractivity contribution in [2.75, 3.05) is 54.0 Å². The fourth-order valence-electron chi connectivity index (χ4n) is 3.72.